The second kappa shape index (κ2) is 6.71. The lowest BCUT2D eigenvalue weighted by molar-refractivity contribution is -0.385. The van der Waals surface area contributed by atoms with Gasteiger partial charge in [0.05, 0.1) is 4.92 Å². The average molecular weight is 299 g/mol. The zero-order chi connectivity index (χ0) is 16.1. The van der Waals surface area contributed by atoms with E-state index in [2.05, 4.69) is 0 Å². The van der Waals surface area contributed by atoms with Crippen molar-refractivity contribution < 1.29 is 9.72 Å². The summed E-state index contributed by atoms with van der Waals surface area (Å²) in [4.78, 5) is 23.9. The Morgan fingerprint density at radius 2 is 1.91 bits per heavy atom. The van der Waals surface area contributed by atoms with E-state index in [4.69, 9.17) is 5.73 Å². The van der Waals surface area contributed by atoms with Crippen LogP contribution in [0.15, 0.2) is 48.5 Å². The van der Waals surface area contributed by atoms with Crippen LogP contribution in [0.1, 0.15) is 22.8 Å². The van der Waals surface area contributed by atoms with Crippen LogP contribution < -0.4 is 10.6 Å². The molecule has 22 heavy (non-hydrogen) atoms. The third-order valence-corrected chi connectivity index (χ3v) is 3.43. The summed E-state index contributed by atoms with van der Waals surface area (Å²) >= 11 is 0. The summed E-state index contributed by atoms with van der Waals surface area (Å²) in [6, 6.07) is 14.0. The Labute approximate surface area is 128 Å². The quantitative estimate of drug-likeness (QED) is 0.656. The molecule has 0 heterocycles. The molecule has 0 unspecified atom stereocenters. The smallest absolute Gasteiger partial charge is 0.275 e. The Morgan fingerprint density at radius 1 is 1.23 bits per heavy atom. The minimum Gasteiger partial charge on any atom is -0.367 e. The molecular weight excluding hydrogens is 282 g/mol. The molecule has 6 nitrogen and oxygen atoms in total. The number of anilines is 1. The fraction of sp³-hybridized carbons (Fsp3) is 0.188. The average Bonchev–Trinajstić information content (AvgIpc) is 2.53. The van der Waals surface area contributed by atoms with E-state index in [1.54, 1.807) is 6.07 Å². The number of para-hydroxylation sites is 1. The van der Waals surface area contributed by atoms with Crippen molar-refractivity contribution in [3.8, 4) is 0 Å². The lowest BCUT2D eigenvalue weighted by Crippen LogP contribution is -2.22. The molecule has 2 aromatic rings. The van der Waals surface area contributed by atoms with Crippen LogP contribution in [0.4, 0.5) is 11.4 Å². The fourth-order valence-electron chi connectivity index (χ4n) is 2.25. The highest BCUT2D eigenvalue weighted by molar-refractivity contribution is 5.93. The molecule has 2 aromatic carbocycles. The predicted molar refractivity (Wildman–Crippen MR) is 84.8 cm³/mol. The molecule has 0 atom stereocenters. The number of nitrogens with zero attached hydrogens (tertiary/aromatic N) is 2. The van der Waals surface area contributed by atoms with E-state index in [1.165, 1.54) is 12.1 Å². The number of carbonyl (C=O) groups is 1. The van der Waals surface area contributed by atoms with Crippen LogP contribution in [0.3, 0.4) is 0 Å². The second-order valence-electron chi connectivity index (χ2n) is 4.81. The highest BCUT2D eigenvalue weighted by Gasteiger charge is 2.18. The van der Waals surface area contributed by atoms with Crippen molar-refractivity contribution in [1.82, 2.24) is 0 Å². The predicted octanol–water partition coefficient (Wildman–Crippen LogP) is 2.72. The summed E-state index contributed by atoms with van der Waals surface area (Å²) in [5, 5.41) is 11.2. The van der Waals surface area contributed by atoms with Crippen molar-refractivity contribution >= 4 is 17.3 Å². The first-order chi connectivity index (χ1) is 10.5. The molecule has 2 rings (SSSR count). The Kier molecular flexibility index (Phi) is 4.73. The van der Waals surface area contributed by atoms with Crippen molar-refractivity contribution in [3.63, 3.8) is 0 Å². The SMILES string of the molecule is CCN(Cc1ccc(C(N)=O)cc1[N+](=O)[O-])c1ccccc1. The van der Waals surface area contributed by atoms with Crippen molar-refractivity contribution in [2.75, 3.05) is 11.4 Å². The molecule has 0 aromatic heterocycles. The van der Waals surface area contributed by atoms with Gasteiger partial charge in [-0.3, -0.25) is 14.9 Å². The van der Waals surface area contributed by atoms with Crippen LogP contribution >= 0.6 is 0 Å². The van der Waals surface area contributed by atoms with Crippen LogP contribution in [0.5, 0.6) is 0 Å². The van der Waals surface area contributed by atoms with Gasteiger partial charge >= 0.3 is 0 Å². The number of hydrogen-bond donors (Lipinski definition) is 1. The van der Waals surface area contributed by atoms with Crippen LogP contribution in [0.25, 0.3) is 0 Å². The van der Waals surface area contributed by atoms with Crippen molar-refractivity contribution in [3.05, 3.63) is 69.8 Å². The third kappa shape index (κ3) is 3.41. The lowest BCUT2D eigenvalue weighted by atomic mass is 10.1. The molecule has 0 bridgehead atoms. The highest BCUT2D eigenvalue weighted by atomic mass is 16.6. The molecule has 0 fully saturated rings. The van der Waals surface area contributed by atoms with E-state index in [9.17, 15) is 14.9 Å². The van der Waals surface area contributed by atoms with Crippen molar-refractivity contribution in [1.29, 1.82) is 0 Å². The minimum absolute atomic E-state index is 0.0920. The first kappa shape index (κ1) is 15.5. The van der Waals surface area contributed by atoms with Crippen LogP contribution in [-0.4, -0.2) is 17.4 Å². The normalized spacial score (nSPS) is 10.2. The number of nitro groups is 1. The standard InChI is InChI=1S/C16H17N3O3/c1-2-18(14-6-4-3-5-7-14)11-13-9-8-12(16(17)20)10-15(13)19(21)22/h3-10H,2,11H2,1H3,(H2,17,20). The number of benzene rings is 2. The third-order valence-electron chi connectivity index (χ3n) is 3.43. The maximum atomic E-state index is 11.2. The molecule has 0 radical (unpaired) electrons. The van der Waals surface area contributed by atoms with E-state index in [0.717, 1.165) is 5.69 Å². The molecule has 2 N–H and O–H groups in total. The Morgan fingerprint density at radius 3 is 2.45 bits per heavy atom. The van der Waals surface area contributed by atoms with E-state index in [1.807, 2.05) is 42.2 Å². The Bertz CT molecular complexity index is 686. The van der Waals surface area contributed by atoms with Gasteiger partial charge in [-0.05, 0) is 31.2 Å². The number of amides is 1. The molecule has 114 valence electrons. The summed E-state index contributed by atoms with van der Waals surface area (Å²) in [6.45, 7) is 3.07. The van der Waals surface area contributed by atoms with Gasteiger partial charge in [0.2, 0.25) is 5.91 Å². The monoisotopic (exact) mass is 299 g/mol. The molecule has 0 aliphatic rings. The van der Waals surface area contributed by atoms with Gasteiger partial charge in [-0.2, -0.15) is 0 Å². The maximum Gasteiger partial charge on any atom is 0.275 e. The Balaban J connectivity index is 2.35. The summed E-state index contributed by atoms with van der Waals surface area (Å²) in [6.07, 6.45) is 0. The summed E-state index contributed by atoms with van der Waals surface area (Å²) in [5.41, 5.74) is 6.75. The summed E-state index contributed by atoms with van der Waals surface area (Å²) in [5.74, 6) is -0.676. The van der Waals surface area contributed by atoms with Crippen LogP contribution in [-0.2, 0) is 6.54 Å². The van der Waals surface area contributed by atoms with Gasteiger partial charge in [0.15, 0.2) is 0 Å². The molecule has 0 aliphatic heterocycles. The number of hydrogen-bond acceptors (Lipinski definition) is 4. The highest BCUT2D eigenvalue weighted by Crippen LogP contribution is 2.24. The van der Waals surface area contributed by atoms with E-state index < -0.39 is 10.8 Å². The number of nitro benzene ring substituents is 1. The molecule has 0 saturated carbocycles. The molecule has 0 spiro atoms. The summed E-state index contributed by atoms with van der Waals surface area (Å²) in [7, 11) is 0. The zero-order valence-corrected chi connectivity index (χ0v) is 12.2. The molecule has 6 heteroatoms. The largest absolute Gasteiger partial charge is 0.367 e. The van der Waals surface area contributed by atoms with Crippen LogP contribution in [0, 0.1) is 10.1 Å². The lowest BCUT2D eigenvalue weighted by Gasteiger charge is -2.23. The van der Waals surface area contributed by atoms with E-state index in [-0.39, 0.29) is 11.3 Å². The van der Waals surface area contributed by atoms with Gasteiger partial charge in [-0.15, -0.1) is 0 Å². The van der Waals surface area contributed by atoms with Crippen LogP contribution in [0.2, 0.25) is 0 Å². The topological polar surface area (TPSA) is 89.5 Å². The summed E-state index contributed by atoms with van der Waals surface area (Å²) < 4.78 is 0. The first-order valence-electron chi connectivity index (χ1n) is 6.90. The van der Waals surface area contributed by atoms with Crippen molar-refractivity contribution in [2.24, 2.45) is 5.73 Å². The molecule has 0 saturated heterocycles. The minimum atomic E-state index is -0.676. The van der Waals surface area contributed by atoms with Crippen molar-refractivity contribution in [2.45, 2.75) is 13.5 Å². The van der Waals surface area contributed by atoms with Gasteiger partial charge in [-0.1, -0.05) is 18.2 Å². The molecular formula is C16H17N3O3. The number of primary amides is 1. The second-order valence-corrected chi connectivity index (χ2v) is 4.81. The number of carbonyl (C=O) groups excluding carboxylic acids is 1. The fourth-order valence-corrected chi connectivity index (χ4v) is 2.25. The van der Waals surface area contributed by atoms with E-state index in [0.29, 0.717) is 18.7 Å². The number of rotatable bonds is 6. The maximum absolute atomic E-state index is 11.2. The van der Waals surface area contributed by atoms with E-state index >= 15 is 0 Å². The Hall–Kier alpha value is -2.89. The number of nitrogens with two attached hydrogens (primary N) is 1. The van der Waals surface area contributed by atoms with Gasteiger partial charge in [0, 0.05) is 36.0 Å². The first-order valence-corrected chi connectivity index (χ1v) is 6.90. The molecule has 0 aliphatic carbocycles. The zero-order valence-electron chi connectivity index (χ0n) is 12.2. The van der Waals surface area contributed by atoms with Gasteiger partial charge < -0.3 is 10.6 Å². The van der Waals surface area contributed by atoms with Gasteiger partial charge in [-0.25, -0.2) is 0 Å². The van der Waals surface area contributed by atoms with Gasteiger partial charge in [0.1, 0.15) is 0 Å². The van der Waals surface area contributed by atoms with Gasteiger partial charge in [0.25, 0.3) is 5.69 Å². The molecule has 1 amide bonds.